The number of amides is 1. The Kier molecular flexibility index (Phi) is 5.92. The van der Waals surface area contributed by atoms with Gasteiger partial charge in [-0.05, 0) is 12.1 Å². The first-order chi connectivity index (χ1) is 12.9. The SMILES string of the molecule is COC(=O)C1(Sc2ccccc2)CC2OC(=O)NC2C([C@@H](O)[C@@H](O)CO)O1. The van der Waals surface area contributed by atoms with Crippen LogP contribution < -0.4 is 5.32 Å². The number of aliphatic hydroxyl groups excluding tert-OH is 3. The van der Waals surface area contributed by atoms with Crippen LogP contribution in [0.1, 0.15) is 6.42 Å². The van der Waals surface area contributed by atoms with Crippen molar-refractivity contribution < 1.29 is 39.1 Å². The second-order valence-corrected chi connectivity index (χ2v) is 7.64. The van der Waals surface area contributed by atoms with E-state index in [1.165, 1.54) is 7.11 Å². The summed E-state index contributed by atoms with van der Waals surface area (Å²) in [6, 6.07) is 8.16. The van der Waals surface area contributed by atoms with Crippen molar-refractivity contribution in [3.63, 3.8) is 0 Å². The second-order valence-electron chi connectivity index (χ2n) is 6.30. The van der Waals surface area contributed by atoms with Gasteiger partial charge in [0.15, 0.2) is 0 Å². The highest BCUT2D eigenvalue weighted by Gasteiger charge is 2.59. The summed E-state index contributed by atoms with van der Waals surface area (Å²) in [4.78, 5) is 23.5. The molecule has 2 heterocycles. The summed E-state index contributed by atoms with van der Waals surface area (Å²) in [6.07, 6.45) is -5.80. The van der Waals surface area contributed by atoms with E-state index in [0.717, 1.165) is 11.8 Å². The molecule has 0 bridgehead atoms. The number of benzene rings is 1. The minimum Gasteiger partial charge on any atom is -0.466 e. The molecule has 2 fully saturated rings. The summed E-state index contributed by atoms with van der Waals surface area (Å²) >= 11 is 1.06. The molecule has 1 aromatic rings. The fraction of sp³-hybridized carbons (Fsp3) is 0.529. The predicted octanol–water partition coefficient (Wildman–Crippen LogP) is -0.372. The van der Waals surface area contributed by atoms with E-state index in [0.29, 0.717) is 4.90 Å². The Balaban J connectivity index is 1.97. The Hall–Kier alpha value is -1.85. The van der Waals surface area contributed by atoms with Crippen molar-refractivity contribution in [3.8, 4) is 0 Å². The molecule has 1 amide bonds. The van der Waals surface area contributed by atoms with Crippen LogP contribution in [0.4, 0.5) is 4.79 Å². The number of nitrogens with one attached hydrogen (secondary N) is 1. The minimum atomic E-state index is -1.61. The Morgan fingerprint density at radius 3 is 2.74 bits per heavy atom. The first-order valence-electron chi connectivity index (χ1n) is 8.34. The van der Waals surface area contributed by atoms with Crippen LogP contribution in [0.25, 0.3) is 0 Å². The third kappa shape index (κ3) is 3.90. The van der Waals surface area contributed by atoms with Gasteiger partial charge in [-0.2, -0.15) is 0 Å². The number of alkyl carbamates (subject to hydrolysis) is 1. The number of hydrogen-bond donors (Lipinski definition) is 4. The van der Waals surface area contributed by atoms with Crippen molar-refractivity contribution in [1.82, 2.24) is 5.32 Å². The lowest BCUT2D eigenvalue weighted by atomic mass is 9.90. The number of esters is 1. The topological polar surface area (TPSA) is 135 Å². The zero-order chi connectivity index (χ0) is 19.6. The maximum atomic E-state index is 12.6. The molecule has 9 nitrogen and oxygen atoms in total. The van der Waals surface area contributed by atoms with Gasteiger partial charge in [0.2, 0.25) is 4.93 Å². The molecule has 2 saturated heterocycles. The van der Waals surface area contributed by atoms with Crippen molar-refractivity contribution >= 4 is 23.8 Å². The van der Waals surface area contributed by atoms with Crippen LogP contribution in [0.15, 0.2) is 35.2 Å². The third-order valence-corrected chi connectivity index (χ3v) is 5.80. The molecule has 10 heteroatoms. The number of thioether (sulfide) groups is 1. The van der Waals surface area contributed by atoms with Gasteiger partial charge < -0.3 is 34.8 Å². The number of ether oxygens (including phenoxy) is 3. The Bertz CT molecular complexity index is 689. The van der Waals surface area contributed by atoms with Crippen molar-refractivity contribution in [3.05, 3.63) is 30.3 Å². The maximum Gasteiger partial charge on any atom is 0.407 e. The summed E-state index contributed by atoms with van der Waals surface area (Å²) in [7, 11) is 1.21. The van der Waals surface area contributed by atoms with Crippen LogP contribution in [0.2, 0.25) is 0 Å². The van der Waals surface area contributed by atoms with E-state index in [2.05, 4.69) is 5.32 Å². The van der Waals surface area contributed by atoms with Crippen LogP contribution in [-0.4, -0.2) is 76.5 Å². The standard InChI is InChI=1S/C17H21NO8S/c1-24-15(22)17(27-9-5-3-2-4-6-9)7-11-12(18-16(23)25-11)14(26-17)13(21)10(20)8-19/h2-6,10-14,19-21H,7-8H2,1H3,(H,18,23)/t10-,11?,12?,13-,14?,17?/m0/s1. The lowest BCUT2D eigenvalue weighted by Crippen LogP contribution is -2.63. The number of methoxy groups -OCH3 is 1. The van der Waals surface area contributed by atoms with E-state index in [-0.39, 0.29) is 6.42 Å². The number of hydrogen-bond acceptors (Lipinski definition) is 9. The van der Waals surface area contributed by atoms with E-state index in [9.17, 15) is 19.8 Å². The largest absolute Gasteiger partial charge is 0.466 e. The van der Waals surface area contributed by atoms with E-state index in [4.69, 9.17) is 19.3 Å². The van der Waals surface area contributed by atoms with Gasteiger partial charge in [-0.15, -0.1) is 0 Å². The number of aliphatic hydroxyl groups is 3. The highest BCUT2D eigenvalue weighted by molar-refractivity contribution is 8.01. The van der Waals surface area contributed by atoms with Gasteiger partial charge in [0.05, 0.1) is 19.8 Å². The summed E-state index contributed by atoms with van der Waals surface area (Å²) in [5.41, 5.74) is 0. The number of rotatable bonds is 6. The quantitative estimate of drug-likeness (QED) is 0.473. The average molecular weight is 399 g/mol. The lowest BCUT2D eigenvalue weighted by Gasteiger charge is -2.44. The summed E-state index contributed by atoms with van der Waals surface area (Å²) in [6.45, 7) is -0.718. The summed E-state index contributed by atoms with van der Waals surface area (Å²) in [5.74, 6) is -0.714. The molecule has 0 spiro atoms. The van der Waals surface area contributed by atoms with E-state index in [1.807, 2.05) is 6.07 Å². The van der Waals surface area contributed by atoms with Gasteiger partial charge in [0.25, 0.3) is 0 Å². The fourth-order valence-electron chi connectivity index (χ4n) is 3.22. The lowest BCUT2D eigenvalue weighted by molar-refractivity contribution is -0.199. The van der Waals surface area contributed by atoms with Crippen LogP contribution in [0.3, 0.4) is 0 Å². The fourth-order valence-corrected chi connectivity index (χ4v) is 4.47. The molecule has 4 unspecified atom stereocenters. The maximum absolute atomic E-state index is 12.6. The molecule has 148 valence electrons. The van der Waals surface area contributed by atoms with E-state index in [1.54, 1.807) is 24.3 Å². The highest BCUT2D eigenvalue weighted by atomic mass is 32.2. The molecule has 2 aliphatic rings. The summed E-state index contributed by atoms with van der Waals surface area (Å²) < 4.78 is 16.1. The Labute approximate surface area is 159 Å². The van der Waals surface area contributed by atoms with Gasteiger partial charge in [-0.1, -0.05) is 30.0 Å². The van der Waals surface area contributed by atoms with Crippen molar-refractivity contribution in [2.24, 2.45) is 0 Å². The predicted molar refractivity (Wildman–Crippen MR) is 92.8 cm³/mol. The monoisotopic (exact) mass is 399 g/mol. The normalized spacial score (nSPS) is 32.0. The van der Waals surface area contributed by atoms with E-state index >= 15 is 0 Å². The molecule has 3 rings (SSSR count). The van der Waals surface area contributed by atoms with Crippen molar-refractivity contribution in [1.29, 1.82) is 0 Å². The molecule has 0 aliphatic carbocycles. The number of carbonyl (C=O) groups excluding carboxylic acids is 2. The van der Waals surface area contributed by atoms with E-state index < -0.39 is 54.1 Å². The molecule has 27 heavy (non-hydrogen) atoms. The molecule has 2 aliphatic heterocycles. The number of fused-ring (bicyclic) bond motifs is 1. The van der Waals surface area contributed by atoms with Crippen LogP contribution in [0, 0.1) is 0 Å². The molecule has 4 N–H and O–H groups in total. The smallest absolute Gasteiger partial charge is 0.407 e. The van der Waals surface area contributed by atoms with Gasteiger partial charge in [0.1, 0.15) is 24.4 Å². The summed E-state index contributed by atoms with van der Waals surface area (Å²) in [5, 5.41) is 32.0. The molecule has 6 atom stereocenters. The minimum absolute atomic E-state index is 0.0128. The van der Waals surface area contributed by atoms with Gasteiger partial charge in [-0.3, -0.25) is 0 Å². The first kappa shape index (κ1) is 19.9. The van der Waals surface area contributed by atoms with Gasteiger partial charge >= 0.3 is 12.1 Å². The number of carbonyl (C=O) groups is 2. The molecular weight excluding hydrogens is 378 g/mol. The molecule has 0 saturated carbocycles. The molecule has 0 radical (unpaired) electrons. The third-order valence-electron chi connectivity index (χ3n) is 4.53. The highest BCUT2D eigenvalue weighted by Crippen LogP contribution is 2.46. The van der Waals surface area contributed by atoms with Crippen LogP contribution in [0.5, 0.6) is 0 Å². The van der Waals surface area contributed by atoms with Crippen molar-refractivity contribution in [2.45, 2.75) is 46.7 Å². The first-order valence-corrected chi connectivity index (χ1v) is 9.16. The second kappa shape index (κ2) is 8.03. The Morgan fingerprint density at radius 2 is 2.11 bits per heavy atom. The zero-order valence-corrected chi connectivity index (χ0v) is 15.3. The van der Waals surface area contributed by atoms with Crippen LogP contribution in [-0.2, 0) is 19.0 Å². The van der Waals surface area contributed by atoms with Crippen LogP contribution >= 0.6 is 11.8 Å². The molecule has 1 aromatic carbocycles. The van der Waals surface area contributed by atoms with Gasteiger partial charge in [0, 0.05) is 11.3 Å². The average Bonchev–Trinajstić information content (AvgIpc) is 3.05. The molecular formula is C17H21NO8S. The Morgan fingerprint density at radius 1 is 1.41 bits per heavy atom. The van der Waals surface area contributed by atoms with Crippen molar-refractivity contribution in [2.75, 3.05) is 13.7 Å². The molecule has 0 aromatic heterocycles. The zero-order valence-electron chi connectivity index (χ0n) is 14.5. The van der Waals surface area contributed by atoms with Gasteiger partial charge in [-0.25, -0.2) is 9.59 Å².